The van der Waals surface area contributed by atoms with Gasteiger partial charge in [-0.2, -0.15) is 0 Å². The van der Waals surface area contributed by atoms with Gasteiger partial charge in [0.2, 0.25) is 0 Å². The van der Waals surface area contributed by atoms with Crippen LogP contribution in [-0.2, 0) is 9.47 Å². The maximum Gasteiger partial charge on any atom is 0.103 e. The van der Waals surface area contributed by atoms with Crippen LogP contribution in [0.25, 0.3) is 0 Å². The molecule has 0 bridgehead atoms. The van der Waals surface area contributed by atoms with Crippen molar-refractivity contribution >= 4 is 0 Å². The molecule has 1 saturated carbocycles. The zero-order valence-corrected chi connectivity index (χ0v) is 13.7. The fraction of sp³-hybridized carbons (Fsp3) is 0.941. The highest BCUT2D eigenvalue weighted by Crippen LogP contribution is 2.29. The number of hydrogen-bond donors (Lipinski definition) is 0. The van der Waals surface area contributed by atoms with Gasteiger partial charge in [0, 0.05) is 31.7 Å². The van der Waals surface area contributed by atoms with Crippen LogP contribution >= 0.6 is 0 Å². The Kier molecular flexibility index (Phi) is 5.54. The topological polar surface area (TPSA) is 24.9 Å². The lowest BCUT2D eigenvalue weighted by atomic mass is 9.91. The molecule has 0 aromatic rings. The summed E-state index contributed by atoms with van der Waals surface area (Å²) in [7, 11) is 0. The lowest BCUT2D eigenvalue weighted by molar-refractivity contribution is -0.111. The average molecular weight is 295 g/mol. The van der Waals surface area contributed by atoms with Gasteiger partial charge in [-0.1, -0.05) is 19.3 Å². The molecule has 2 unspecified atom stereocenters. The summed E-state index contributed by atoms with van der Waals surface area (Å²) in [6, 6.07) is 1.68. The zero-order chi connectivity index (χ0) is 14.7. The molecular weight excluding hydrogens is 264 g/mol. The maximum absolute atomic E-state index is 6.12. The van der Waals surface area contributed by atoms with E-state index < -0.39 is 0 Å². The van der Waals surface area contributed by atoms with E-state index >= 15 is 0 Å². The van der Waals surface area contributed by atoms with Gasteiger partial charge >= 0.3 is 0 Å². The SMILES string of the molecule is CC(C)N1CCOC(C2[CH]OCCN2C2CCCCC2)C1. The fourth-order valence-corrected chi connectivity index (χ4v) is 4.06. The van der Waals surface area contributed by atoms with Gasteiger partial charge < -0.3 is 9.47 Å². The van der Waals surface area contributed by atoms with E-state index in [1.54, 1.807) is 0 Å². The lowest BCUT2D eigenvalue weighted by Gasteiger charge is -2.47. The summed E-state index contributed by atoms with van der Waals surface area (Å²) in [6.07, 6.45) is 7.16. The highest BCUT2D eigenvalue weighted by Gasteiger charge is 2.38. The number of nitrogens with zero attached hydrogens (tertiary/aromatic N) is 2. The molecule has 4 heteroatoms. The monoisotopic (exact) mass is 295 g/mol. The molecule has 4 nitrogen and oxygen atoms in total. The Morgan fingerprint density at radius 1 is 1.05 bits per heavy atom. The van der Waals surface area contributed by atoms with Gasteiger partial charge in [0.1, 0.15) is 6.61 Å². The number of rotatable bonds is 3. The largest absolute Gasteiger partial charge is 0.374 e. The van der Waals surface area contributed by atoms with E-state index in [9.17, 15) is 0 Å². The molecule has 121 valence electrons. The second kappa shape index (κ2) is 7.40. The molecule has 0 amide bonds. The van der Waals surface area contributed by atoms with E-state index in [0.717, 1.165) is 38.9 Å². The van der Waals surface area contributed by atoms with Crippen LogP contribution in [0.4, 0.5) is 0 Å². The number of hydrogen-bond acceptors (Lipinski definition) is 4. The second-order valence-corrected chi connectivity index (χ2v) is 7.03. The molecule has 2 aliphatic heterocycles. The van der Waals surface area contributed by atoms with E-state index in [2.05, 4.69) is 30.3 Å². The van der Waals surface area contributed by atoms with Gasteiger partial charge in [0.25, 0.3) is 0 Å². The third kappa shape index (κ3) is 3.79. The molecule has 3 aliphatic rings. The summed E-state index contributed by atoms with van der Waals surface area (Å²) >= 11 is 0. The molecular formula is C17H31N2O2. The first kappa shape index (κ1) is 15.7. The van der Waals surface area contributed by atoms with Gasteiger partial charge in [0.05, 0.1) is 25.4 Å². The molecule has 2 atom stereocenters. The summed E-state index contributed by atoms with van der Waals surface area (Å²) in [5.74, 6) is 0. The van der Waals surface area contributed by atoms with Crippen molar-refractivity contribution in [2.45, 2.75) is 70.2 Å². The van der Waals surface area contributed by atoms with Crippen LogP contribution in [0.1, 0.15) is 46.0 Å². The Balaban J connectivity index is 1.65. The van der Waals surface area contributed by atoms with Crippen LogP contribution in [0, 0.1) is 6.61 Å². The van der Waals surface area contributed by atoms with Crippen LogP contribution in [-0.4, -0.2) is 66.9 Å². The molecule has 3 fully saturated rings. The van der Waals surface area contributed by atoms with Crippen LogP contribution < -0.4 is 0 Å². The normalized spacial score (nSPS) is 34.4. The Morgan fingerprint density at radius 3 is 2.62 bits per heavy atom. The third-order valence-electron chi connectivity index (χ3n) is 5.37. The van der Waals surface area contributed by atoms with Gasteiger partial charge in [-0.05, 0) is 26.7 Å². The Hall–Kier alpha value is -0.160. The molecule has 0 aromatic carbocycles. The van der Waals surface area contributed by atoms with E-state index in [0.29, 0.717) is 12.1 Å². The Bertz CT molecular complexity index is 318. The zero-order valence-electron chi connectivity index (χ0n) is 13.7. The minimum atomic E-state index is 0.267. The van der Waals surface area contributed by atoms with Crippen molar-refractivity contribution < 1.29 is 9.47 Å². The summed E-state index contributed by atoms with van der Waals surface area (Å²) in [5, 5.41) is 0. The van der Waals surface area contributed by atoms with E-state index in [1.807, 2.05) is 0 Å². The van der Waals surface area contributed by atoms with Gasteiger partial charge in [-0.3, -0.25) is 9.80 Å². The molecule has 1 radical (unpaired) electrons. The molecule has 3 rings (SSSR count). The first-order valence-corrected chi connectivity index (χ1v) is 8.82. The molecule has 2 saturated heterocycles. The smallest absolute Gasteiger partial charge is 0.103 e. The Labute approximate surface area is 129 Å². The predicted molar refractivity (Wildman–Crippen MR) is 84.1 cm³/mol. The van der Waals surface area contributed by atoms with Crippen LogP contribution in [0.15, 0.2) is 0 Å². The Morgan fingerprint density at radius 2 is 1.86 bits per heavy atom. The van der Waals surface area contributed by atoms with Gasteiger partial charge in [0.15, 0.2) is 0 Å². The van der Waals surface area contributed by atoms with Gasteiger partial charge in [-0.25, -0.2) is 0 Å². The van der Waals surface area contributed by atoms with E-state index in [-0.39, 0.29) is 6.10 Å². The minimum absolute atomic E-state index is 0.267. The van der Waals surface area contributed by atoms with Crippen molar-refractivity contribution in [2.24, 2.45) is 0 Å². The average Bonchev–Trinajstić information content (AvgIpc) is 2.56. The van der Waals surface area contributed by atoms with E-state index in [4.69, 9.17) is 9.47 Å². The van der Waals surface area contributed by atoms with Crippen molar-refractivity contribution in [3.8, 4) is 0 Å². The lowest BCUT2D eigenvalue weighted by Crippen LogP contribution is -2.59. The molecule has 0 N–H and O–H groups in total. The number of ether oxygens (including phenoxy) is 2. The van der Waals surface area contributed by atoms with Crippen molar-refractivity contribution in [3.63, 3.8) is 0 Å². The first-order chi connectivity index (χ1) is 10.3. The molecule has 0 spiro atoms. The van der Waals surface area contributed by atoms with E-state index in [1.165, 1.54) is 32.1 Å². The third-order valence-corrected chi connectivity index (χ3v) is 5.37. The van der Waals surface area contributed by atoms with Crippen molar-refractivity contribution in [3.05, 3.63) is 6.61 Å². The van der Waals surface area contributed by atoms with Crippen LogP contribution in [0.5, 0.6) is 0 Å². The molecule has 2 heterocycles. The summed E-state index contributed by atoms with van der Waals surface area (Å²) in [5.41, 5.74) is 0. The standard InChI is InChI=1S/C17H31N2O2/c1-14(2)18-8-11-21-17(12-18)16-13-20-10-9-19(16)15-6-4-3-5-7-15/h13-17H,3-12H2,1-2H3. The van der Waals surface area contributed by atoms with Crippen LogP contribution in [0.3, 0.4) is 0 Å². The quantitative estimate of drug-likeness (QED) is 0.797. The fourth-order valence-electron chi connectivity index (χ4n) is 4.06. The summed E-state index contributed by atoms with van der Waals surface area (Å²) in [6.45, 7) is 11.5. The highest BCUT2D eigenvalue weighted by molar-refractivity contribution is 4.96. The second-order valence-electron chi connectivity index (χ2n) is 7.03. The van der Waals surface area contributed by atoms with Crippen LogP contribution in [0.2, 0.25) is 0 Å². The first-order valence-electron chi connectivity index (χ1n) is 8.82. The summed E-state index contributed by atoms with van der Waals surface area (Å²) < 4.78 is 11.8. The minimum Gasteiger partial charge on any atom is -0.374 e. The summed E-state index contributed by atoms with van der Waals surface area (Å²) in [4.78, 5) is 5.22. The molecule has 0 aromatic heterocycles. The highest BCUT2D eigenvalue weighted by atomic mass is 16.5. The van der Waals surface area contributed by atoms with Crippen molar-refractivity contribution in [2.75, 3.05) is 32.8 Å². The van der Waals surface area contributed by atoms with Crippen molar-refractivity contribution in [1.29, 1.82) is 0 Å². The molecule has 1 aliphatic carbocycles. The number of morpholine rings is 2. The molecule has 21 heavy (non-hydrogen) atoms. The van der Waals surface area contributed by atoms with Gasteiger partial charge in [-0.15, -0.1) is 0 Å². The maximum atomic E-state index is 6.12. The predicted octanol–water partition coefficient (Wildman–Crippen LogP) is 2.29. The van der Waals surface area contributed by atoms with Crippen molar-refractivity contribution in [1.82, 2.24) is 9.80 Å².